The number of benzene rings is 1. The smallest absolute Gasteiger partial charge is 0.168 e. The van der Waals surface area contributed by atoms with Crippen molar-refractivity contribution in [3.05, 3.63) is 36.7 Å². The van der Waals surface area contributed by atoms with Gasteiger partial charge in [0.25, 0.3) is 0 Å². The van der Waals surface area contributed by atoms with Gasteiger partial charge in [0.1, 0.15) is 0 Å². The van der Waals surface area contributed by atoms with Gasteiger partial charge in [0.05, 0.1) is 14.2 Å². The third kappa shape index (κ3) is 2.15. The van der Waals surface area contributed by atoms with Gasteiger partial charge in [0.15, 0.2) is 11.5 Å². The predicted molar refractivity (Wildman–Crippen MR) is 67.2 cm³/mol. The van der Waals surface area contributed by atoms with Crippen LogP contribution in [0.4, 0.5) is 5.69 Å². The van der Waals surface area contributed by atoms with Gasteiger partial charge in [0.2, 0.25) is 0 Å². The van der Waals surface area contributed by atoms with Crippen LogP contribution in [0.1, 0.15) is 0 Å². The minimum Gasteiger partial charge on any atom is -0.493 e. The van der Waals surface area contributed by atoms with Crippen LogP contribution in [0, 0.1) is 0 Å². The molecule has 0 saturated carbocycles. The second-order valence-electron chi connectivity index (χ2n) is 3.55. The molecule has 0 fully saturated rings. The molecule has 1 aromatic heterocycles. The van der Waals surface area contributed by atoms with Crippen LogP contribution in [0.5, 0.6) is 11.5 Å². The summed E-state index contributed by atoms with van der Waals surface area (Å²) in [5, 5.41) is 0. The first-order chi connectivity index (χ1) is 8.26. The number of pyridine rings is 1. The van der Waals surface area contributed by atoms with Gasteiger partial charge in [-0.25, -0.2) is 0 Å². The molecule has 17 heavy (non-hydrogen) atoms. The molecule has 0 aliphatic heterocycles. The molecule has 0 aliphatic rings. The van der Waals surface area contributed by atoms with E-state index in [2.05, 4.69) is 4.98 Å². The van der Waals surface area contributed by atoms with Crippen molar-refractivity contribution in [1.82, 2.24) is 4.98 Å². The molecular formula is C13H14N2O2. The van der Waals surface area contributed by atoms with Crippen molar-refractivity contribution in [3.8, 4) is 22.6 Å². The first-order valence-electron chi connectivity index (χ1n) is 5.18. The Bertz CT molecular complexity index is 512. The molecule has 0 spiro atoms. The molecule has 2 rings (SSSR count). The Morgan fingerprint density at radius 1 is 1.18 bits per heavy atom. The van der Waals surface area contributed by atoms with Gasteiger partial charge in [0, 0.05) is 35.3 Å². The number of anilines is 1. The summed E-state index contributed by atoms with van der Waals surface area (Å²) in [4.78, 5) is 4.08. The topological polar surface area (TPSA) is 57.4 Å². The highest BCUT2D eigenvalue weighted by molar-refractivity contribution is 5.77. The number of nitrogens with zero attached hydrogens (tertiary/aromatic N) is 1. The molecule has 0 aliphatic carbocycles. The fraction of sp³-hybridized carbons (Fsp3) is 0.154. The Labute approximate surface area is 100 Å². The standard InChI is InChI=1S/C13H14N2O2/c1-16-12-7-10(14)6-11(13(12)17-2)9-4-3-5-15-8-9/h3-8H,14H2,1-2H3. The van der Waals surface area contributed by atoms with Crippen LogP contribution in [0.15, 0.2) is 36.7 Å². The number of hydrogen-bond donors (Lipinski definition) is 1. The number of aromatic nitrogens is 1. The summed E-state index contributed by atoms with van der Waals surface area (Å²) in [5.74, 6) is 1.28. The van der Waals surface area contributed by atoms with Gasteiger partial charge in [-0.15, -0.1) is 0 Å². The lowest BCUT2D eigenvalue weighted by Crippen LogP contribution is -1.96. The van der Waals surface area contributed by atoms with Crippen LogP contribution >= 0.6 is 0 Å². The lowest BCUT2D eigenvalue weighted by Gasteiger charge is -2.13. The lowest BCUT2D eigenvalue weighted by molar-refractivity contribution is 0.356. The molecular weight excluding hydrogens is 216 g/mol. The van der Waals surface area contributed by atoms with Crippen molar-refractivity contribution in [3.63, 3.8) is 0 Å². The van der Waals surface area contributed by atoms with Crippen molar-refractivity contribution in [2.24, 2.45) is 0 Å². The molecule has 0 radical (unpaired) electrons. The first-order valence-corrected chi connectivity index (χ1v) is 5.18. The Hall–Kier alpha value is -2.23. The van der Waals surface area contributed by atoms with Crippen LogP contribution in [-0.2, 0) is 0 Å². The zero-order valence-corrected chi connectivity index (χ0v) is 9.81. The average Bonchev–Trinajstić information content (AvgIpc) is 2.38. The number of hydrogen-bond acceptors (Lipinski definition) is 4. The van der Waals surface area contributed by atoms with E-state index in [4.69, 9.17) is 15.2 Å². The molecule has 4 heteroatoms. The molecule has 2 N–H and O–H groups in total. The summed E-state index contributed by atoms with van der Waals surface area (Å²) in [6.07, 6.45) is 3.48. The fourth-order valence-electron chi connectivity index (χ4n) is 1.72. The molecule has 1 heterocycles. The third-order valence-electron chi connectivity index (χ3n) is 2.47. The van der Waals surface area contributed by atoms with Gasteiger partial charge in [-0.3, -0.25) is 4.98 Å². The third-order valence-corrected chi connectivity index (χ3v) is 2.47. The number of nitrogens with two attached hydrogens (primary N) is 1. The quantitative estimate of drug-likeness (QED) is 0.822. The molecule has 1 aromatic carbocycles. The molecule has 4 nitrogen and oxygen atoms in total. The van der Waals surface area contributed by atoms with E-state index in [9.17, 15) is 0 Å². The van der Waals surface area contributed by atoms with Crippen molar-refractivity contribution in [1.29, 1.82) is 0 Å². The first kappa shape index (κ1) is 11.3. The maximum Gasteiger partial charge on any atom is 0.168 e. The van der Waals surface area contributed by atoms with Gasteiger partial charge in [-0.2, -0.15) is 0 Å². The van der Waals surface area contributed by atoms with Gasteiger partial charge < -0.3 is 15.2 Å². The highest BCUT2D eigenvalue weighted by atomic mass is 16.5. The van der Waals surface area contributed by atoms with Crippen LogP contribution < -0.4 is 15.2 Å². The van der Waals surface area contributed by atoms with Crippen molar-refractivity contribution >= 4 is 5.69 Å². The van der Waals surface area contributed by atoms with E-state index in [1.807, 2.05) is 18.2 Å². The summed E-state index contributed by atoms with van der Waals surface area (Å²) in [7, 11) is 3.19. The van der Waals surface area contributed by atoms with Crippen molar-refractivity contribution in [2.75, 3.05) is 20.0 Å². The maximum atomic E-state index is 5.84. The summed E-state index contributed by atoms with van der Waals surface area (Å²) in [6.45, 7) is 0. The Kier molecular flexibility index (Phi) is 3.14. The summed E-state index contributed by atoms with van der Waals surface area (Å²) < 4.78 is 10.6. The molecule has 0 unspecified atom stereocenters. The molecule has 0 amide bonds. The lowest BCUT2D eigenvalue weighted by atomic mass is 10.1. The monoisotopic (exact) mass is 230 g/mol. The zero-order valence-electron chi connectivity index (χ0n) is 9.81. The highest BCUT2D eigenvalue weighted by Gasteiger charge is 2.13. The molecule has 0 saturated heterocycles. The van der Waals surface area contributed by atoms with E-state index in [0.29, 0.717) is 17.2 Å². The van der Waals surface area contributed by atoms with E-state index >= 15 is 0 Å². The molecule has 88 valence electrons. The largest absolute Gasteiger partial charge is 0.493 e. The summed E-state index contributed by atoms with van der Waals surface area (Å²) in [5.41, 5.74) is 8.28. The second-order valence-corrected chi connectivity index (χ2v) is 3.55. The van der Waals surface area contributed by atoms with Crippen LogP contribution in [0.3, 0.4) is 0 Å². The van der Waals surface area contributed by atoms with E-state index in [1.54, 1.807) is 32.7 Å². The van der Waals surface area contributed by atoms with Gasteiger partial charge in [-0.05, 0) is 12.1 Å². The number of methoxy groups -OCH3 is 2. The Morgan fingerprint density at radius 2 is 2.00 bits per heavy atom. The predicted octanol–water partition coefficient (Wildman–Crippen LogP) is 2.35. The SMILES string of the molecule is COc1cc(N)cc(-c2cccnc2)c1OC. The van der Waals surface area contributed by atoms with E-state index in [1.165, 1.54) is 0 Å². The van der Waals surface area contributed by atoms with Gasteiger partial charge >= 0.3 is 0 Å². The Morgan fingerprint density at radius 3 is 2.59 bits per heavy atom. The maximum absolute atomic E-state index is 5.84. The average molecular weight is 230 g/mol. The summed E-state index contributed by atoms with van der Waals surface area (Å²) in [6, 6.07) is 7.39. The van der Waals surface area contributed by atoms with Gasteiger partial charge in [-0.1, -0.05) is 6.07 Å². The minimum absolute atomic E-state index is 0.617. The zero-order chi connectivity index (χ0) is 12.3. The number of ether oxygens (including phenoxy) is 2. The fourth-order valence-corrected chi connectivity index (χ4v) is 1.72. The normalized spacial score (nSPS) is 10.0. The van der Waals surface area contributed by atoms with Crippen LogP contribution in [0.2, 0.25) is 0 Å². The summed E-state index contributed by atoms with van der Waals surface area (Å²) >= 11 is 0. The van der Waals surface area contributed by atoms with Crippen molar-refractivity contribution < 1.29 is 9.47 Å². The molecule has 0 bridgehead atoms. The second kappa shape index (κ2) is 4.74. The Balaban J connectivity index is 2.64. The molecule has 0 atom stereocenters. The highest BCUT2D eigenvalue weighted by Crippen LogP contribution is 2.39. The van der Waals surface area contributed by atoms with E-state index in [-0.39, 0.29) is 0 Å². The van der Waals surface area contributed by atoms with E-state index in [0.717, 1.165) is 11.1 Å². The molecule has 2 aromatic rings. The van der Waals surface area contributed by atoms with E-state index < -0.39 is 0 Å². The van der Waals surface area contributed by atoms with Crippen molar-refractivity contribution in [2.45, 2.75) is 0 Å². The minimum atomic E-state index is 0.617. The number of rotatable bonds is 3. The van der Waals surface area contributed by atoms with Crippen LogP contribution in [0.25, 0.3) is 11.1 Å². The van der Waals surface area contributed by atoms with Crippen LogP contribution in [-0.4, -0.2) is 19.2 Å². The number of nitrogen functional groups attached to an aromatic ring is 1.